The molecule has 0 unspecified atom stereocenters. The Hall–Kier alpha value is -1.28. The summed E-state index contributed by atoms with van der Waals surface area (Å²) in [6.45, 7) is 0. The van der Waals surface area contributed by atoms with Crippen LogP contribution < -0.4 is 0 Å². The number of halogens is 3. The highest BCUT2D eigenvalue weighted by atomic mass is 35.5. The third-order valence-corrected chi connectivity index (χ3v) is 4.76. The molecule has 0 saturated heterocycles. The van der Waals surface area contributed by atoms with Crippen LogP contribution in [0.5, 0.6) is 0 Å². The van der Waals surface area contributed by atoms with Crippen LogP contribution >= 0.6 is 34.8 Å². The molecule has 0 spiro atoms. The smallest absolute Gasteiger partial charge is 0.172 e. The molecule has 98 valence electrons. The van der Waals surface area contributed by atoms with Crippen molar-refractivity contribution >= 4 is 45.7 Å². The van der Waals surface area contributed by atoms with Crippen molar-refractivity contribution in [1.29, 1.82) is 0 Å². The minimum Gasteiger partial charge on any atom is -0.236 e. The second-order valence-electron chi connectivity index (χ2n) is 4.79. The number of para-hydroxylation sites is 1. The molecule has 0 aliphatic heterocycles. The van der Waals surface area contributed by atoms with Crippen LogP contribution in [0.2, 0.25) is 5.15 Å². The molecule has 2 aromatic carbocycles. The maximum absolute atomic E-state index is 6.58. The van der Waals surface area contributed by atoms with E-state index in [0.717, 1.165) is 27.6 Å². The van der Waals surface area contributed by atoms with E-state index in [1.807, 2.05) is 48.5 Å². The van der Waals surface area contributed by atoms with Crippen LogP contribution in [0.25, 0.3) is 22.0 Å². The third-order valence-electron chi connectivity index (χ3n) is 3.70. The summed E-state index contributed by atoms with van der Waals surface area (Å²) in [5, 5.41) is 1.38. The van der Waals surface area contributed by atoms with Gasteiger partial charge in [0.2, 0.25) is 0 Å². The van der Waals surface area contributed by atoms with Gasteiger partial charge in [0.25, 0.3) is 0 Å². The van der Waals surface area contributed by atoms with Gasteiger partial charge in [-0.05, 0) is 11.6 Å². The van der Waals surface area contributed by atoms with Crippen molar-refractivity contribution in [1.82, 2.24) is 4.98 Å². The third kappa shape index (κ3) is 1.49. The molecule has 0 saturated carbocycles. The fourth-order valence-corrected chi connectivity index (χ4v) is 3.98. The number of aromatic nitrogens is 1. The number of benzene rings is 2. The van der Waals surface area contributed by atoms with Crippen LogP contribution in [-0.4, -0.2) is 4.98 Å². The van der Waals surface area contributed by atoms with Crippen molar-refractivity contribution in [3.63, 3.8) is 0 Å². The highest BCUT2D eigenvalue weighted by Gasteiger charge is 2.43. The van der Waals surface area contributed by atoms with E-state index in [-0.39, 0.29) is 0 Å². The van der Waals surface area contributed by atoms with Crippen molar-refractivity contribution in [3.8, 4) is 11.1 Å². The Kier molecular flexibility index (Phi) is 2.56. The summed E-state index contributed by atoms with van der Waals surface area (Å²) in [5.74, 6) is 0. The maximum atomic E-state index is 6.58. The molecule has 0 atom stereocenters. The number of fused-ring (bicyclic) bond motifs is 5. The van der Waals surface area contributed by atoms with Gasteiger partial charge in [-0.25, -0.2) is 4.98 Å². The van der Waals surface area contributed by atoms with E-state index >= 15 is 0 Å². The van der Waals surface area contributed by atoms with E-state index < -0.39 is 4.33 Å². The average molecular weight is 321 g/mol. The Balaban J connectivity index is 2.26. The first-order valence-electron chi connectivity index (χ1n) is 6.17. The molecule has 0 radical (unpaired) electrons. The Morgan fingerprint density at radius 2 is 1.60 bits per heavy atom. The lowest BCUT2D eigenvalue weighted by Gasteiger charge is -2.16. The molecule has 0 amide bonds. The van der Waals surface area contributed by atoms with Gasteiger partial charge < -0.3 is 0 Å². The van der Waals surface area contributed by atoms with Crippen LogP contribution in [0.4, 0.5) is 0 Å². The fourth-order valence-electron chi connectivity index (χ4n) is 2.86. The van der Waals surface area contributed by atoms with Crippen LogP contribution in [0.15, 0.2) is 48.5 Å². The Bertz CT molecular complexity index is 855. The molecule has 1 nitrogen and oxygen atoms in total. The first-order valence-corrected chi connectivity index (χ1v) is 7.30. The van der Waals surface area contributed by atoms with E-state index in [9.17, 15) is 0 Å². The number of rotatable bonds is 0. The average Bonchev–Trinajstić information content (AvgIpc) is 2.69. The molecule has 1 aliphatic carbocycles. The van der Waals surface area contributed by atoms with Crippen LogP contribution in [0, 0.1) is 0 Å². The molecular formula is C16H8Cl3N. The topological polar surface area (TPSA) is 12.9 Å². The Labute approximate surface area is 131 Å². The lowest BCUT2D eigenvalue weighted by atomic mass is 10.0. The minimum atomic E-state index is -1.15. The van der Waals surface area contributed by atoms with Gasteiger partial charge in [0.05, 0.1) is 5.52 Å². The van der Waals surface area contributed by atoms with Gasteiger partial charge in [-0.3, -0.25) is 0 Å². The summed E-state index contributed by atoms with van der Waals surface area (Å²) in [6.07, 6.45) is 0. The normalized spacial score (nSPS) is 15.2. The molecule has 0 fully saturated rings. The van der Waals surface area contributed by atoms with Gasteiger partial charge in [0.1, 0.15) is 5.15 Å². The number of hydrogen-bond acceptors (Lipinski definition) is 1. The van der Waals surface area contributed by atoms with E-state index in [1.165, 1.54) is 0 Å². The van der Waals surface area contributed by atoms with Gasteiger partial charge in [-0.2, -0.15) is 0 Å². The second-order valence-corrected chi connectivity index (χ2v) is 6.48. The molecule has 1 aliphatic rings. The first-order chi connectivity index (χ1) is 9.60. The molecule has 1 aromatic heterocycles. The van der Waals surface area contributed by atoms with E-state index in [4.69, 9.17) is 34.8 Å². The minimum absolute atomic E-state index is 0.361. The molecule has 1 heterocycles. The van der Waals surface area contributed by atoms with Crippen LogP contribution in [0.3, 0.4) is 0 Å². The summed E-state index contributed by atoms with van der Waals surface area (Å²) < 4.78 is -1.15. The van der Waals surface area contributed by atoms with Gasteiger partial charge >= 0.3 is 0 Å². The van der Waals surface area contributed by atoms with Gasteiger partial charge in [0.15, 0.2) is 4.33 Å². The second kappa shape index (κ2) is 4.11. The Morgan fingerprint density at radius 3 is 2.45 bits per heavy atom. The molecule has 4 heteroatoms. The maximum Gasteiger partial charge on any atom is 0.172 e. The number of alkyl halides is 2. The molecule has 0 N–H and O–H groups in total. The van der Waals surface area contributed by atoms with Crippen molar-refractivity contribution in [3.05, 3.63) is 64.8 Å². The van der Waals surface area contributed by atoms with Crippen molar-refractivity contribution in [2.75, 3.05) is 0 Å². The van der Waals surface area contributed by atoms with Crippen LogP contribution in [-0.2, 0) is 4.33 Å². The lowest BCUT2D eigenvalue weighted by Crippen LogP contribution is -2.09. The highest BCUT2D eigenvalue weighted by Crippen LogP contribution is 2.57. The lowest BCUT2D eigenvalue weighted by molar-refractivity contribution is 1.07. The number of hydrogen-bond donors (Lipinski definition) is 0. The zero-order chi connectivity index (χ0) is 13.9. The van der Waals surface area contributed by atoms with E-state index in [1.54, 1.807) is 0 Å². The van der Waals surface area contributed by atoms with Crippen molar-refractivity contribution in [2.24, 2.45) is 0 Å². The van der Waals surface area contributed by atoms with Crippen molar-refractivity contribution < 1.29 is 0 Å². The van der Waals surface area contributed by atoms with E-state index in [0.29, 0.717) is 10.7 Å². The fraction of sp³-hybridized carbons (Fsp3) is 0.0625. The summed E-state index contributed by atoms with van der Waals surface area (Å²) >= 11 is 19.5. The predicted octanol–water partition coefficient (Wildman–Crippen LogP) is 5.55. The summed E-state index contributed by atoms with van der Waals surface area (Å²) in [5.41, 5.74) is 4.40. The largest absolute Gasteiger partial charge is 0.236 e. The van der Waals surface area contributed by atoms with Gasteiger partial charge in [-0.15, -0.1) is 0 Å². The first kappa shape index (κ1) is 12.5. The van der Waals surface area contributed by atoms with Gasteiger partial charge in [0, 0.05) is 22.1 Å². The highest BCUT2D eigenvalue weighted by molar-refractivity contribution is 6.53. The van der Waals surface area contributed by atoms with Crippen molar-refractivity contribution in [2.45, 2.75) is 4.33 Å². The molecular weight excluding hydrogens is 313 g/mol. The summed E-state index contributed by atoms with van der Waals surface area (Å²) in [6, 6.07) is 15.7. The monoisotopic (exact) mass is 319 g/mol. The Morgan fingerprint density at radius 1 is 0.900 bits per heavy atom. The molecule has 3 aromatic rings. The predicted molar refractivity (Wildman–Crippen MR) is 84.7 cm³/mol. The van der Waals surface area contributed by atoms with Crippen LogP contribution in [0.1, 0.15) is 11.1 Å². The summed E-state index contributed by atoms with van der Waals surface area (Å²) in [4.78, 5) is 4.42. The number of nitrogens with zero attached hydrogens (tertiary/aromatic N) is 1. The van der Waals surface area contributed by atoms with Gasteiger partial charge in [-0.1, -0.05) is 77.3 Å². The molecule has 0 bridgehead atoms. The molecule has 20 heavy (non-hydrogen) atoms. The zero-order valence-corrected chi connectivity index (χ0v) is 12.5. The summed E-state index contributed by atoms with van der Waals surface area (Å²) in [7, 11) is 0. The van der Waals surface area contributed by atoms with E-state index in [2.05, 4.69) is 4.98 Å². The zero-order valence-electron chi connectivity index (χ0n) is 10.2. The SMILES string of the molecule is Clc1nc2ccccc2c2c1C(Cl)(Cl)c1ccccc1-2. The quantitative estimate of drug-likeness (QED) is 0.391. The molecule has 4 rings (SSSR count). The number of pyridine rings is 1. The standard InChI is InChI=1S/C16H8Cl3N/c17-15-14-13(10-6-2-4-8-12(10)20-15)9-5-1-3-7-11(9)16(14,18)19/h1-8H.